The molecule has 54 valence electrons. The molecule has 4 heteroatoms. The Morgan fingerprint density at radius 3 is 3.00 bits per heavy atom. The van der Waals surface area contributed by atoms with Gasteiger partial charge in [-0.25, -0.2) is 0 Å². The SMILES string of the molecule is COC(=NCl)c1ccoc1. The van der Waals surface area contributed by atoms with Gasteiger partial charge in [-0.05, 0) is 6.07 Å². The molecule has 0 aliphatic rings. The van der Waals surface area contributed by atoms with Gasteiger partial charge in [0.1, 0.15) is 6.26 Å². The summed E-state index contributed by atoms with van der Waals surface area (Å²) in [5.41, 5.74) is 0.734. The first-order chi connectivity index (χ1) is 4.88. The molecule has 0 aromatic carbocycles. The molecule has 0 saturated carbocycles. The van der Waals surface area contributed by atoms with Crippen molar-refractivity contribution in [3.63, 3.8) is 0 Å². The van der Waals surface area contributed by atoms with Crippen molar-refractivity contribution >= 4 is 17.7 Å². The summed E-state index contributed by atoms with van der Waals surface area (Å²) in [7, 11) is 1.49. The molecular weight excluding hydrogens is 154 g/mol. The minimum atomic E-state index is 0.357. The van der Waals surface area contributed by atoms with Crippen molar-refractivity contribution in [1.29, 1.82) is 0 Å². The molecule has 0 N–H and O–H groups in total. The second-order valence-electron chi connectivity index (χ2n) is 1.61. The van der Waals surface area contributed by atoms with Crippen molar-refractivity contribution in [3.05, 3.63) is 24.2 Å². The van der Waals surface area contributed by atoms with E-state index in [0.29, 0.717) is 5.90 Å². The van der Waals surface area contributed by atoms with Gasteiger partial charge in [0.15, 0.2) is 0 Å². The highest BCUT2D eigenvalue weighted by molar-refractivity contribution is 6.21. The standard InChI is InChI=1S/C6H6ClNO2/c1-9-6(8-7)5-2-3-10-4-5/h2-4H,1H3. The Hall–Kier alpha value is -0.960. The maximum atomic E-state index is 5.18. The van der Waals surface area contributed by atoms with E-state index < -0.39 is 0 Å². The number of hydrogen-bond acceptors (Lipinski definition) is 3. The second kappa shape index (κ2) is 3.27. The minimum Gasteiger partial charge on any atom is -0.480 e. The topological polar surface area (TPSA) is 34.7 Å². The lowest BCUT2D eigenvalue weighted by atomic mass is 10.3. The smallest absolute Gasteiger partial charge is 0.236 e. The summed E-state index contributed by atoms with van der Waals surface area (Å²) >= 11 is 5.18. The van der Waals surface area contributed by atoms with Gasteiger partial charge in [-0.3, -0.25) is 0 Å². The van der Waals surface area contributed by atoms with Crippen LogP contribution in [0.15, 0.2) is 27.5 Å². The molecule has 0 bridgehead atoms. The maximum Gasteiger partial charge on any atom is 0.236 e. The van der Waals surface area contributed by atoms with Crippen molar-refractivity contribution in [2.24, 2.45) is 4.51 Å². The van der Waals surface area contributed by atoms with Gasteiger partial charge in [-0.2, -0.15) is 0 Å². The number of methoxy groups -OCH3 is 1. The quantitative estimate of drug-likeness (QED) is 0.463. The Morgan fingerprint density at radius 2 is 2.60 bits per heavy atom. The van der Waals surface area contributed by atoms with Crippen LogP contribution in [0.25, 0.3) is 0 Å². The number of rotatable bonds is 1. The lowest BCUT2D eigenvalue weighted by Gasteiger charge is -1.95. The molecule has 1 rings (SSSR count). The molecule has 1 heterocycles. The van der Waals surface area contributed by atoms with Crippen molar-refractivity contribution in [3.8, 4) is 0 Å². The first-order valence-corrected chi connectivity index (χ1v) is 2.98. The second-order valence-corrected chi connectivity index (χ2v) is 1.77. The average molecular weight is 160 g/mol. The van der Waals surface area contributed by atoms with E-state index in [1.807, 2.05) is 0 Å². The summed E-state index contributed by atoms with van der Waals surface area (Å²) in [6.45, 7) is 0. The van der Waals surface area contributed by atoms with E-state index in [4.69, 9.17) is 20.9 Å². The number of ether oxygens (including phenoxy) is 1. The molecule has 3 nitrogen and oxygen atoms in total. The molecule has 0 fully saturated rings. The summed E-state index contributed by atoms with van der Waals surface area (Å²) < 4.78 is 12.9. The Labute approximate surface area is 63.4 Å². The van der Waals surface area contributed by atoms with Crippen LogP contribution in [0.3, 0.4) is 0 Å². The summed E-state index contributed by atoms with van der Waals surface area (Å²) in [6, 6.07) is 1.71. The Morgan fingerprint density at radius 1 is 1.80 bits per heavy atom. The van der Waals surface area contributed by atoms with Crippen LogP contribution in [0.1, 0.15) is 5.56 Å². The normalized spacial score (nSPS) is 11.6. The predicted octanol–water partition coefficient (Wildman–Crippen LogP) is 1.83. The van der Waals surface area contributed by atoms with E-state index in [2.05, 4.69) is 4.51 Å². The lowest BCUT2D eigenvalue weighted by molar-refractivity contribution is 0.405. The third kappa shape index (κ3) is 1.30. The van der Waals surface area contributed by atoms with Crippen molar-refractivity contribution in [2.75, 3.05) is 7.11 Å². The Balaban J connectivity index is 2.85. The van der Waals surface area contributed by atoms with E-state index in [0.717, 1.165) is 5.56 Å². The summed E-state index contributed by atoms with van der Waals surface area (Å²) in [6.07, 6.45) is 3.03. The molecule has 10 heavy (non-hydrogen) atoms. The van der Waals surface area contributed by atoms with E-state index >= 15 is 0 Å². The fourth-order valence-electron chi connectivity index (χ4n) is 0.587. The molecule has 0 atom stereocenters. The van der Waals surface area contributed by atoms with Crippen LogP contribution in [0.2, 0.25) is 0 Å². The molecule has 0 amide bonds. The molecule has 0 saturated heterocycles. The van der Waals surface area contributed by atoms with Crippen LogP contribution in [-0.2, 0) is 4.74 Å². The highest BCUT2D eigenvalue weighted by Gasteiger charge is 2.02. The largest absolute Gasteiger partial charge is 0.480 e. The Kier molecular flexibility index (Phi) is 2.34. The zero-order valence-electron chi connectivity index (χ0n) is 5.37. The number of furan rings is 1. The lowest BCUT2D eigenvalue weighted by Crippen LogP contribution is -1.99. The highest BCUT2D eigenvalue weighted by Crippen LogP contribution is 2.03. The van der Waals surface area contributed by atoms with Gasteiger partial charge in [-0.1, -0.05) is 0 Å². The molecule has 1 aromatic heterocycles. The summed E-state index contributed by atoms with van der Waals surface area (Å²) in [5.74, 6) is 0.357. The van der Waals surface area contributed by atoms with E-state index in [1.54, 1.807) is 6.07 Å². The zero-order valence-corrected chi connectivity index (χ0v) is 6.13. The number of hydrogen-bond donors (Lipinski definition) is 0. The minimum absolute atomic E-state index is 0.357. The molecule has 0 radical (unpaired) electrons. The fourth-order valence-corrected chi connectivity index (χ4v) is 0.754. The van der Waals surface area contributed by atoms with Crippen LogP contribution in [0.4, 0.5) is 0 Å². The fraction of sp³-hybridized carbons (Fsp3) is 0.167. The first kappa shape index (κ1) is 7.15. The monoisotopic (exact) mass is 159 g/mol. The molecule has 0 aliphatic heterocycles. The third-order valence-electron chi connectivity index (χ3n) is 1.04. The van der Waals surface area contributed by atoms with Crippen molar-refractivity contribution < 1.29 is 9.15 Å². The highest BCUT2D eigenvalue weighted by atomic mass is 35.5. The maximum absolute atomic E-state index is 5.18. The summed E-state index contributed by atoms with van der Waals surface area (Å²) in [4.78, 5) is 0. The number of halogens is 1. The summed E-state index contributed by atoms with van der Waals surface area (Å²) in [5, 5.41) is 0. The molecule has 0 unspecified atom stereocenters. The van der Waals surface area contributed by atoms with E-state index in [-0.39, 0.29) is 0 Å². The van der Waals surface area contributed by atoms with Crippen LogP contribution < -0.4 is 0 Å². The van der Waals surface area contributed by atoms with Gasteiger partial charge in [0.05, 0.1) is 18.9 Å². The van der Waals surface area contributed by atoms with Crippen LogP contribution in [0.5, 0.6) is 0 Å². The van der Waals surface area contributed by atoms with Gasteiger partial charge >= 0.3 is 0 Å². The van der Waals surface area contributed by atoms with E-state index in [1.165, 1.54) is 19.6 Å². The first-order valence-electron chi connectivity index (χ1n) is 2.64. The zero-order chi connectivity index (χ0) is 7.40. The van der Waals surface area contributed by atoms with Gasteiger partial charge in [0, 0.05) is 11.8 Å². The predicted molar refractivity (Wildman–Crippen MR) is 38.1 cm³/mol. The van der Waals surface area contributed by atoms with Gasteiger partial charge in [0.25, 0.3) is 0 Å². The van der Waals surface area contributed by atoms with Crippen molar-refractivity contribution in [2.45, 2.75) is 0 Å². The Bertz CT molecular complexity index is 218. The van der Waals surface area contributed by atoms with Crippen LogP contribution in [-0.4, -0.2) is 13.0 Å². The van der Waals surface area contributed by atoms with E-state index in [9.17, 15) is 0 Å². The molecular formula is C6H6ClNO2. The third-order valence-corrected chi connectivity index (χ3v) is 1.19. The van der Waals surface area contributed by atoms with Crippen molar-refractivity contribution in [1.82, 2.24) is 0 Å². The molecule has 0 spiro atoms. The van der Waals surface area contributed by atoms with Gasteiger partial charge < -0.3 is 9.15 Å². The molecule has 0 aliphatic carbocycles. The van der Waals surface area contributed by atoms with Crippen LogP contribution in [0, 0.1) is 0 Å². The average Bonchev–Trinajstić information content (AvgIpc) is 2.43. The molecule has 1 aromatic rings. The number of nitrogens with zero attached hydrogens (tertiary/aromatic N) is 1. The van der Waals surface area contributed by atoms with Gasteiger partial charge in [0.2, 0.25) is 5.90 Å². The van der Waals surface area contributed by atoms with Crippen LogP contribution >= 0.6 is 11.8 Å². The van der Waals surface area contributed by atoms with Gasteiger partial charge in [-0.15, -0.1) is 4.51 Å².